The number of ether oxygens (including phenoxy) is 1. The zero-order valence-corrected chi connectivity index (χ0v) is 11.7. The van der Waals surface area contributed by atoms with Crippen molar-refractivity contribution in [3.63, 3.8) is 0 Å². The number of aryl methyl sites for hydroxylation is 1. The van der Waals surface area contributed by atoms with E-state index >= 15 is 0 Å². The molecule has 0 unspecified atom stereocenters. The van der Waals surface area contributed by atoms with Crippen LogP contribution in [0.1, 0.15) is 5.56 Å². The Labute approximate surface area is 121 Å². The molecular weight excluding hydrogens is 268 g/mol. The molecule has 3 rings (SSSR count). The number of anilines is 1. The van der Waals surface area contributed by atoms with Gasteiger partial charge >= 0.3 is 5.76 Å². The maximum atomic E-state index is 11.9. The van der Waals surface area contributed by atoms with Gasteiger partial charge < -0.3 is 14.9 Å². The van der Waals surface area contributed by atoms with Gasteiger partial charge in [0.25, 0.3) is 0 Å². The average Bonchev–Trinajstić information content (AvgIpc) is 2.75. The van der Waals surface area contributed by atoms with E-state index in [0.717, 1.165) is 11.1 Å². The number of benzene rings is 2. The van der Waals surface area contributed by atoms with E-state index in [1.807, 2.05) is 31.2 Å². The third kappa shape index (κ3) is 2.76. The predicted octanol–water partition coefficient (Wildman–Crippen LogP) is 2.56. The zero-order valence-electron chi connectivity index (χ0n) is 11.7. The maximum absolute atomic E-state index is 11.9. The van der Waals surface area contributed by atoms with Gasteiger partial charge in [-0.15, -0.1) is 0 Å². The first kappa shape index (κ1) is 13.3. The fourth-order valence-corrected chi connectivity index (χ4v) is 2.24. The summed E-state index contributed by atoms with van der Waals surface area (Å²) in [5, 5.41) is 0. The van der Waals surface area contributed by atoms with E-state index in [4.69, 9.17) is 14.9 Å². The van der Waals surface area contributed by atoms with E-state index in [9.17, 15) is 4.79 Å². The van der Waals surface area contributed by atoms with Crippen LogP contribution in [0.3, 0.4) is 0 Å². The molecule has 0 spiro atoms. The van der Waals surface area contributed by atoms with Gasteiger partial charge in [0.2, 0.25) is 0 Å². The van der Waals surface area contributed by atoms with Crippen molar-refractivity contribution in [1.82, 2.24) is 4.57 Å². The Bertz CT molecular complexity index is 833. The molecule has 0 fully saturated rings. The molecule has 1 heterocycles. The normalized spacial score (nSPS) is 10.9. The molecule has 0 saturated carbocycles. The highest BCUT2D eigenvalue weighted by Gasteiger charge is 2.09. The SMILES string of the molecule is Cc1ccc2oc(=O)n(CCOc3cccc(N)c3)c2c1. The van der Waals surface area contributed by atoms with Gasteiger partial charge in [-0.1, -0.05) is 12.1 Å². The Kier molecular flexibility index (Phi) is 3.39. The lowest BCUT2D eigenvalue weighted by molar-refractivity contribution is 0.294. The number of nitrogen functional groups attached to an aromatic ring is 1. The van der Waals surface area contributed by atoms with Crippen molar-refractivity contribution < 1.29 is 9.15 Å². The molecule has 21 heavy (non-hydrogen) atoms. The third-order valence-electron chi connectivity index (χ3n) is 3.26. The van der Waals surface area contributed by atoms with Crippen LogP contribution in [0.15, 0.2) is 51.7 Å². The van der Waals surface area contributed by atoms with Crippen LogP contribution in [-0.2, 0) is 6.54 Å². The minimum atomic E-state index is -0.369. The largest absolute Gasteiger partial charge is 0.492 e. The molecule has 0 aliphatic carbocycles. The minimum Gasteiger partial charge on any atom is -0.492 e. The fourth-order valence-electron chi connectivity index (χ4n) is 2.24. The van der Waals surface area contributed by atoms with Crippen LogP contribution >= 0.6 is 0 Å². The van der Waals surface area contributed by atoms with Crippen LogP contribution in [0, 0.1) is 6.92 Å². The van der Waals surface area contributed by atoms with Crippen molar-refractivity contribution in [2.24, 2.45) is 0 Å². The Morgan fingerprint density at radius 1 is 1.24 bits per heavy atom. The summed E-state index contributed by atoms with van der Waals surface area (Å²) in [7, 11) is 0. The second kappa shape index (κ2) is 5.36. The highest BCUT2D eigenvalue weighted by Crippen LogP contribution is 2.16. The second-order valence-corrected chi connectivity index (χ2v) is 4.91. The molecule has 0 amide bonds. The van der Waals surface area contributed by atoms with E-state index < -0.39 is 0 Å². The van der Waals surface area contributed by atoms with E-state index in [1.54, 1.807) is 22.8 Å². The van der Waals surface area contributed by atoms with Crippen molar-refractivity contribution >= 4 is 16.8 Å². The monoisotopic (exact) mass is 284 g/mol. The average molecular weight is 284 g/mol. The van der Waals surface area contributed by atoms with Gasteiger partial charge in [-0.05, 0) is 36.8 Å². The summed E-state index contributed by atoms with van der Waals surface area (Å²) < 4.78 is 12.4. The topological polar surface area (TPSA) is 70.4 Å². The van der Waals surface area contributed by atoms with Crippen LogP contribution < -0.4 is 16.2 Å². The molecule has 5 heteroatoms. The van der Waals surface area contributed by atoms with Gasteiger partial charge in [0.05, 0.1) is 12.1 Å². The molecule has 0 saturated heterocycles. The van der Waals surface area contributed by atoms with Crippen molar-refractivity contribution in [3.05, 3.63) is 58.6 Å². The lowest BCUT2D eigenvalue weighted by Gasteiger charge is -2.07. The number of oxazole rings is 1. The lowest BCUT2D eigenvalue weighted by atomic mass is 10.2. The summed E-state index contributed by atoms with van der Waals surface area (Å²) >= 11 is 0. The van der Waals surface area contributed by atoms with E-state index in [-0.39, 0.29) is 5.76 Å². The molecule has 108 valence electrons. The highest BCUT2D eigenvalue weighted by molar-refractivity contribution is 5.73. The summed E-state index contributed by atoms with van der Waals surface area (Å²) in [6.07, 6.45) is 0. The Morgan fingerprint density at radius 3 is 2.90 bits per heavy atom. The first-order chi connectivity index (χ1) is 10.1. The molecule has 0 atom stereocenters. The van der Waals surface area contributed by atoms with Gasteiger partial charge in [0.15, 0.2) is 5.58 Å². The summed E-state index contributed by atoms with van der Waals surface area (Å²) in [4.78, 5) is 11.9. The molecule has 0 bridgehead atoms. The van der Waals surface area contributed by atoms with Crippen LogP contribution in [0.2, 0.25) is 0 Å². The number of nitrogens with zero attached hydrogens (tertiary/aromatic N) is 1. The van der Waals surface area contributed by atoms with Gasteiger partial charge in [0.1, 0.15) is 12.4 Å². The first-order valence-corrected chi connectivity index (χ1v) is 6.72. The standard InChI is InChI=1S/C16H16N2O3/c1-11-5-6-15-14(9-11)18(16(19)21-15)7-8-20-13-4-2-3-12(17)10-13/h2-6,9-10H,7-8,17H2,1H3. The van der Waals surface area contributed by atoms with Gasteiger partial charge in [-0.25, -0.2) is 4.79 Å². The molecule has 1 aromatic heterocycles. The molecule has 3 aromatic rings. The molecule has 0 radical (unpaired) electrons. The van der Waals surface area contributed by atoms with E-state index in [0.29, 0.717) is 30.2 Å². The summed E-state index contributed by atoms with van der Waals surface area (Å²) in [5.74, 6) is 0.318. The molecule has 0 aliphatic rings. The zero-order chi connectivity index (χ0) is 14.8. The quantitative estimate of drug-likeness (QED) is 0.747. The van der Waals surface area contributed by atoms with E-state index in [2.05, 4.69) is 0 Å². The van der Waals surface area contributed by atoms with Gasteiger partial charge in [-0.3, -0.25) is 4.57 Å². The number of hydrogen-bond acceptors (Lipinski definition) is 4. The van der Waals surface area contributed by atoms with Crippen LogP contribution in [0.4, 0.5) is 5.69 Å². The Hall–Kier alpha value is -2.69. The van der Waals surface area contributed by atoms with Gasteiger partial charge in [-0.2, -0.15) is 0 Å². The molecule has 2 aromatic carbocycles. The molecule has 5 nitrogen and oxygen atoms in total. The van der Waals surface area contributed by atoms with Crippen LogP contribution in [0.25, 0.3) is 11.1 Å². The van der Waals surface area contributed by atoms with Crippen molar-refractivity contribution in [3.8, 4) is 5.75 Å². The number of aromatic nitrogens is 1. The number of rotatable bonds is 4. The Morgan fingerprint density at radius 2 is 2.10 bits per heavy atom. The predicted molar refractivity (Wildman–Crippen MR) is 81.6 cm³/mol. The number of nitrogens with two attached hydrogens (primary N) is 1. The number of hydrogen-bond donors (Lipinski definition) is 1. The third-order valence-corrected chi connectivity index (χ3v) is 3.26. The summed E-state index contributed by atoms with van der Waals surface area (Å²) in [6.45, 7) is 2.76. The smallest absolute Gasteiger partial charge is 0.420 e. The number of fused-ring (bicyclic) bond motifs is 1. The van der Waals surface area contributed by atoms with Crippen molar-refractivity contribution in [1.29, 1.82) is 0 Å². The summed E-state index contributed by atoms with van der Waals surface area (Å²) in [6, 6.07) is 12.9. The van der Waals surface area contributed by atoms with Crippen molar-refractivity contribution in [2.45, 2.75) is 13.5 Å². The molecule has 0 aliphatic heterocycles. The van der Waals surface area contributed by atoms with Crippen LogP contribution in [-0.4, -0.2) is 11.2 Å². The van der Waals surface area contributed by atoms with Crippen molar-refractivity contribution in [2.75, 3.05) is 12.3 Å². The first-order valence-electron chi connectivity index (χ1n) is 6.72. The summed E-state index contributed by atoms with van der Waals surface area (Å²) in [5.41, 5.74) is 8.80. The van der Waals surface area contributed by atoms with Crippen LogP contribution in [0.5, 0.6) is 5.75 Å². The fraction of sp³-hybridized carbons (Fsp3) is 0.188. The molecular formula is C16H16N2O3. The molecule has 2 N–H and O–H groups in total. The minimum absolute atomic E-state index is 0.367. The van der Waals surface area contributed by atoms with Gasteiger partial charge in [0, 0.05) is 11.8 Å². The highest BCUT2D eigenvalue weighted by atomic mass is 16.5. The second-order valence-electron chi connectivity index (χ2n) is 4.91. The maximum Gasteiger partial charge on any atom is 0.420 e. The van der Waals surface area contributed by atoms with E-state index in [1.165, 1.54) is 0 Å². The Balaban J connectivity index is 1.78. The lowest BCUT2D eigenvalue weighted by Crippen LogP contribution is -2.18.